The van der Waals surface area contributed by atoms with Gasteiger partial charge in [-0.3, -0.25) is 9.59 Å². The second-order valence-corrected chi connectivity index (χ2v) is 4.63. The lowest BCUT2D eigenvalue weighted by molar-refractivity contribution is 0.0907. The molecule has 0 aliphatic carbocycles. The molecule has 1 unspecified atom stereocenters. The predicted octanol–water partition coefficient (Wildman–Crippen LogP) is -0.119. The Morgan fingerprint density at radius 2 is 2.23 bits per heavy atom. The molecule has 3 heterocycles. The number of hydrogen-bond acceptors (Lipinski definition) is 5. The summed E-state index contributed by atoms with van der Waals surface area (Å²) >= 11 is 0. The first-order chi connectivity index (χ1) is 10.6. The number of nitrogens with one attached hydrogen (secondary N) is 2. The number of imidazole rings is 1. The van der Waals surface area contributed by atoms with Crippen LogP contribution in [0.5, 0.6) is 0 Å². The molecule has 3 rings (SSSR count). The SMILES string of the molecule is O=C(NCC(O)c1cccc(=O)[nH]1)c1cnc2cccnn12. The van der Waals surface area contributed by atoms with Crippen LogP contribution in [0, 0.1) is 0 Å². The van der Waals surface area contributed by atoms with Crippen LogP contribution in [0.4, 0.5) is 0 Å². The number of H-pyrrole nitrogens is 1. The molecule has 8 nitrogen and oxygen atoms in total. The van der Waals surface area contributed by atoms with Gasteiger partial charge in [-0.05, 0) is 18.2 Å². The highest BCUT2D eigenvalue weighted by molar-refractivity contribution is 5.93. The largest absolute Gasteiger partial charge is 0.385 e. The quantitative estimate of drug-likeness (QED) is 0.622. The van der Waals surface area contributed by atoms with Crippen LogP contribution in [0.25, 0.3) is 5.65 Å². The highest BCUT2D eigenvalue weighted by Gasteiger charge is 2.15. The van der Waals surface area contributed by atoms with E-state index in [1.54, 1.807) is 24.4 Å². The number of carbonyl (C=O) groups is 1. The molecule has 3 aromatic heterocycles. The van der Waals surface area contributed by atoms with E-state index in [2.05, 4.69) is 20.4 Å². The van der Waals surface area contributed by atoms with Crippen LogP contribution >= 0.6 is 0 Å². The molecule has 1 amide bonds. The summed E-state index contributed by atoms with van der Waals surface area (Å²) in [5, 5.41) is 16.6. The zero-order chi connectivity index (χ0) is 15.5. The Morgan fingerprint density at radius 1 is 1.36 bits per heavy atom. The van der Waals surface area contributed by atoms with Crippen LogP contribution in [0.3, 0.4) is 0 Å². The first-order valence-corrected chi connectivity index (χ1v) is 6.59. The molecule has 0 radical (unpaired) electrons. The van der Waals surface area contributed by atoms with Crippen molar-refractivity contribution < 1.29 is 9.90 Å². The average Bonchev–Trinajstić information content (AvgIpc) is 2.96. The molecular weight excluding hydrogens is 286 g/mol. The van der Waals surface area contributed by atoms with E-state index in [-0.39, 0.29) is 17.8 Å². The molecule has 22 heavy (non-hydrogen) atoms. The van der Waals surface area contributed by atoms with E-state index in [0.717, 1.165) is 0 Å². The van der Waals surface area contributed by atoms with Gasteiger partial charge in [-0.1, -0.05) is 6.07 Å². The fourth-order valence-electron chi connectivity index (χ4n) is 2.03. The van der Waals surface area contributed by atoms with Crippen molar-refractivity contribution in [2.24, 2.45) is 0 Å². The lowest BCUT2D eigenvalue weighted by Crippen LogP contribution is -2.30. The highest BCUT2D eigenvalue weighted by atomic mass is 16.3. The number of aromatic nitrogens is 4. The number of aliphatic hydroxyl groups excluding tert-OH is 1. The molecule has 0 aliphatic rings. The molecule has 8 heteroatoms. The van der Waals surface area contributed by atoms with Crippen molar-refractivity contribution in [3.8, 4) is 0 Å². The van der Waals surface area contributed by atoms with Gasteiger partial charge in [0.05, 0.1) is 6.20 Å². The van der Waals surface area contributed by atoms with Crippen molar-refractivity contribution in [1.29, 1.82) is 0 Å². The lowest BCUT2D eigenvalue weighted by Gasteiger charge is -2.11. The summed E-state index contributed by atoms with van der Waals surface area (Å²) in [6, 6.07) is 7.91. The monoisotopic (exact) mass is 299 g/mol. The van der Waals surface area contributed by atoms with Crippen molar-refractivity contribution in [1.82, 2.24) is 24.9 Å². The smallest absolute Gasteiger partial charge is 0.271 e. The van der Waals surface area contributed by atoms with Gasteiger partial charge in [0, 0.05) is 24.5 Å². The summed E-state index contributed by atoms with van der Waals surface area (Å²) < 4.78 is 1.41. The third-order valence-corrected chi connectivity index (χ3v) is 3.12. The number of nitrogens with zero attached hydrogens (tertiary/aromatic N) is 3. The summed E-state index contributed by atoms with van der Waals surface area (Å²) in [7, 11) is 0. The Morgan fingerprint density at radius 3 is 3.05 bits per heavy atom. The van der Waals surface area contributed by atoms with Crippen LogP contribution in [0.1, 0.15) is 22.3 Å². The molecule has 112 valence electrons. The fourth-order valence-corrected chi connectivity index (χ4v) is 2.03. The van der Waals surface area contributed by atoms with E-state index >= 15 is 0 Å². The third-order valence-electron chi connectivity index (χ3n) is 3.12. The molecular formula is C14H13N5O3. The van der Waals surface area contributed by atoms with E-state index < -0.39 is 12.0 Å². The Balaban J connectivity index is 1.71. The topological polar surface area (TPSA) is 112 Å². The van der Waals surface area contributed by atoms with Crippen LogP contribution < -0.4 is 10.9 Å². The molecule has 3 aromatic rings. The van der Waals surface area contributed by atoms with Crippen molar-refractivity contribution in [3.63, 3.8) is 0 Å². The van der Waals surface area contributed by atoms with E-state index in [9.17, 15) is 14.7 Å². The number of rotatable bonds is 4. The highest BCUT2D eigenvalue weighted by Crippen LogP contribution is 2.07. The Labute approximate surface area is 124 Å². The average molecular weight is 299 g/mol. The molecule has 0 bridgehead atoms. The van der Waals surface area contributed by atoms with Crippen LogP contribution in [0.2, 0.25) is 0 Å². The maximum atomic E-state index is 12.1. The summed E-state index contributed by atoms with van der Waals surface area (Å²) in [6.45, 7) is -0.0428. The predicted molar refractivity (Wildman–Crippen MR) is 77.3 cm³/mol. The molecule has 3 N–H and O–H groups in total. The molecule has 1 atom stereocenters. The third kappa shape index (κ3) is 2.72. The number of aliphatic hydroxyl groups is 1. The van der Waals surface area contributed by atoms with Gasteiger partial charge in [-0.15, -0.1) is 0 Å². The van der Waals surface area contributed by atoms with Crippen molar-refractivity contribution in [2.75, 3.05) is 6.54 Å². The van der Waals surface area contributed by atoms with Gasteiger partial charge in [0.15, 0.2) is 5.65 Å². The summed E-state index contributed by atoms with van der Waals surface area (Å²) in [4.78, 5) is 29.9. The second kappa shape index (κ2) is 5.78. The minimum Gasteiger partial charge on any atom is -0.385 e. The van der Waals surface area contributed by atoms with Crippen molar-refractivity contribution >= 4 is 11.6 Å². The van der Waals surface area contributed by atoms with E-state index in [4.69, 9.17) is 0 Å². The van der Waals surface area contributed by atoms with Gasteiger partial charge in [0.25, 0.3) is 5.91 Å². The van der Waals surface area contributed by atoms with Gasteiger partial charge < -0.3 is 15.4 Å². The zero-order valence-corrected chi connectivity index (χ0v) is 11.4. The van der Waals surface area contributed by atoms with E-state index in [1.165, 1.54) is 22.8 Å². The second-order valence-electron chi connectivity index (χ2n) is 4.63. The Hall–Kier alpha value is -3.00. The van der Waals surface area contributed by atoms with Crippen molar-refractivity contribution in [3.05, 3.63) is 64.5 Å². The summed E-state index contributed by atoms with van der Waals surface area (Å²) in [5.74, 6) is -0.413. The normalized spacial score (nSPS) is 12.2. The Bertz CT molecular complexity index is 870. The van der Waals surface area contributed by atoms with E-state index in [1.807, 2.05) is 0 Å². The molecule has 0 saturated carbocycles. The minimum absolute atomic E-state index is 0.0428. The Kier molecular flexibility index (Phi) is 3.67. The first kappa shape index (κ1) is 14.0. The van der Waals surface area contributed by atoms with Gasteiger partial charge in [-0.25, -0.2) is 9.50 Å². The number of fused-ring (bicyclic) bond motifs is 1. The van der Waals surface area contributed by atoms with Gasteiger partial charge in [0.1, 0.15) is 11.8 Å². The molecule has 0 spiro atoms. The first-order valence-electron chi connectivity index (χ1n) is 6.59. The maximum absolute atomic E-state index is 12.1. The van der Waals surface area contributed by atoms with Gasteiger partial charge in [-0.2, -0.15) is 5.10 Å². The molecule has 0 aliphatic heterocycles. The number of amides is 1. The maximum Gasteiger partial charge on any atom is 0.271 e. The zero-order valence-electron chi connectivity index (χ0n) is 11.4. The van der Waals surface area contributed by atoms with Crippen LogP contribution in [-0.2, 0) is 0 Å². The number of pyridine rings is 1. The van der Waals surface area contributed by atoms with Crippen molar-refractivity contribution in [2.45, 2.75) is 6.10 Å². The minimum atomic E-state index is -1.01. The number of carbonyl (C=O) groups excluding carboxylic acids is 1. The molecule has 0 saturated heterocycles. The fraction of sp³-hybridized carbons (Fsp3) is 0.143. The number of hydrogen-bond donors (Lipinski definition) is 3. The van der Waals surface area contributed by atoms with Crippen LogP contribution in [-0.4, -0.2) is 37.1 Å². The summed E-state index contributed by atoms with van der Waals surface area (Å²) in [6.07, 6.45) is 1.95. The summed E-state index contributed by atoms with van der Waals surface area (Å²) in [5.41, 5.74) is 0.850. The van der Waals surface area contributed by atoms with Crippen LogP contribution in [0.15, 0.2) is 47.5 Å². The lowest BCUT2D eigenvalue weighted by atomic mass is 10.2. The van der Waals surface area contributed by atoms with E-state index in [0.29, 0.717) is 11.3 Å². The number of aromatic amines is 1. The standard InChI is InChI=1S/C14H13N5O3/c20-11(9-3-1-5-13(21)18-9)8-16-14(22)10-7-15-12-4-2-6-17-19(10)12/h1-7,11,20H,8H2,(H,16,22)(H,18,21). The van der Waals surface area contributed by atoms with Gasteiger partial charge in [0.2, 0.25) is 5.56 Å². The molecule has 0 fully saturated rings. The molecule has 0 aromatic carbocycles. The van der Waals surface area contributed by atoms with Gasteiger partial charge >= 0.3 is 0 Å².